The molecule has 148 valence electrons. The molecule has 2 atom stereocenters. The van der Waals surface area contributed by atoms with Gasteiger partial charge in [-0.1, -0.05) is 95.9 Å². The molecule has 0 bridgehead atoms. The average molecular weight is 359 g/mol. The minimum absolute atomic E-state index is 0.523. The molecule has 26 heavy (non-hydrogen) atoms. The Balaban J connectivity index is 1.62. The first-order valence-electron chi connectivity index (χ1n) is 11.5. The van der Waals surface area contributed by atoms with Crippen LogP contribution in [0.2, 0.25) is 0 Å². The lowest BCUT2D eigenvalue weighted by atomic mass is 9.89. The third kappa shape index (κ3) is 8.25. The zero-order valence-corrected chi connectivity index (χ0v) is 17.5. The summed E-state index contributed by atoms with van der Waals surface area (Å²) < 4.78 is 6.17. The van der Waals surface area contributed by atoms with Gasteiger partial charge in [0.1, 0.15) is 0 Å². The van der Waals surface area contributed by atoms with Crippen molar-refractivity contribution in [3.05, 3.63) is 35.4 Å². The molecule has 0 spiro atoms. The first kappa shape index (κ1) is 21.5. The number of ether oxygens (including phenoxy) is 1. The largest absolute Gasteiger partial charge is 0.378 e. The van der Waals surface area contributed by atoms with E-state index in [1.807, 2.05) is 0 Å². The minimum Gasteiger partial charge on any atom is -0.378 e. The van der Waals surface area contributed by atoms with Crippen LogP contribution in [0.5, 0.6) is 0 Å². The second-order valence-electron chi connectivity index (χ2n) is 8.34. The fourth-order valence-corrected chi connectivity index (χ4v) is 4.16. The van der Waals surface area contributed by atoms with Gasteiger partial charge in [-0.15, -0.1) is 0 Å². The normalized spacial score (nSPS) is 20.4. The van der Waals surface area contributed by atoms with Crippen molar-refractivity contribution < 1.29 is 4.74 Å². The molecule has 0 saturated carbocycles. The Morgan fingerprint density at radius 3 is 2.08 bits per heavy atom. The molecule has 1 nitrogen and oxygen atoms in total. The van der Waals surface area contributed by atoms with E-state index >= 15 is 0 Å². The molecule has 1 heteroatoms. The molecule has 0 amide bonds. The molecule has 1 aliphatic heterocycles. The summed E-state index contributed by atoms with van der Waals surface area (Å²) in [5.41, 5.74) is 3.00. The van der Waals surface area contributed by atoms with Crippen LogP contribution in [0, 0.1) is 0 Å². The van der Waals surface area contributed by atoms with Gasteiger partial charge in [0.2, 0.25) is 0 Å². The van der Waals surface area contributed by atoms with E-state index < -0.39 is 0 Å². The first-order chi connectivity index (χ1) is 12.8. The Labute approximate surface area is 162 Å². The second kappa shape index (κ2) is 13.4. The van der Waals surface area contributed by atoms with Crippen LogP contribution in [0.1, 0.15) is 114 Å². The third-order valence-electron chi connectivity index (χ3n) is 6.02. The number of benzene rings is 1. The zero-order chi connectivity index (χ0) is 18.5. The lowest BCUT2D eigenvalue weighted by Crippen LogP contribution is -2.24. The summed E-state index contributed by atoms with van der Waals surface area (Å²) in [4.78, 5) is 0. The average Bonchev–Trinajstić information content (AvgIpc) is 2.69. The van der Waals surface area contributed by atoms with Gasteiger partial charge in [0.05, 0.1) is 12.7 Å². The Morgan fingerprint density at radius 2 is 1.42 bits per heavy atom. The van der Waals surface area contributed by atoms with Crippen LogP contribution in [0.3, 0.4) is 0 Å². The summed E-state index contributed by atoms with van der Waals surface area (Å²) >= 11 is 0. The van der Waals surface area contributed by atoms with E-state index in [0.717, 1.165) is 6.61 Å². The highest BCUT2D eigenvalue weighted by Gasteiger charge is 2.22. The van der Waals surface area contributed by atoms with Gasteiger partial charge in [-0.2, -0.15) is 0 Å². The number of unbranched alkanes of at least 4 members (excludes halogenated alkanes) is 8. The van der Waals surface area contributed by atoms with Crippen molar-refractivity contribution >= 4 is 0 Å². The maximum Gasteiger partial charge on any atom is 0.0575 e. The van der Waals surface area contributed by atoms with Gasteiger partial charge in [-0.25, -0.2) is 0 Å². The van der Waals surface area contributed by atoms with Crippen molar-refractivity contribution in [2.45, 2.75) is 116 Å². The van der Waals surface area contributed by atoms with Crippen LogP contribution < -0.4 is 0 Å². The molecule has 1 saturated heterocycles. The standard InChI is InChI=1S/C25H42O/c1-3-5-7-9-10-11-13-22-15-17-23(18-16-22)24-19-20-25(26-21-24)14-12-8-6-4-2/h15-18,24-25H,3-14,19-21H2,1-2H3. The molecule has 2 unspecified atom stereocenters. The van der Waals surface area contributed by atoms with E-state index in [-0.39, 0.29) is 0 Å². The Morgan fingerprint density at radius 1 is 0.769 bits per heavy atom. The summed E-state index contributed by atoms with van der Waals surface area (Å²) in [6.07, 6.45) is 19.3. The van der Waals surface area contributed by atoms with E-state index in [1.54, 1.807) is 0 Å². The number of rotatable bonds is 13. The molecular weight excluding hydrogens is 316 g/mol. The quantitative estimate of drug-likeness (QED) is 0.326. The minimum atomic E-state index is 0.523. The van der Waals surface area contributed by atoms with Crippen molar-refractivity contribution in [1.29, 1.82) is 0 Å². The highest BCUT2D eigenvalue weighted by atomic mass is 16.5. The first-order valence-corrected chi connectivity index (χ1v) is 11.5. The second-order valence-corrected chi connectivity index (χ2v) is 8.34. The van der Waals surface area contributed by atoms with Crippen LogP contribution in [0.4, 0.5) is 0 Å². The molecule has 1 heterocycles. The highest BCUT2D eigenvalue weighted by molar-refractivity contribution is 5.26. The maximum absolute atomic E-state index is 6.17. The fraction of sp³-hybridized carbons (Fsp3) is 0.760. The number of aryl methyl sites for hydroxylation is 1. The summed E-state index contributed by atoms with van der Waals surface area (Å²) in [5, 5.41) is 0. The molecule has 0 aliphatic carbocycles. The molecule has 1 aromatic rings. The molecule has 1 aliphatic rings. The molecular formula is C25H42O. The van der Waals surface area contributed by atoms with Crippen LogP contribution in [0.25, 0.3) is 0 Å². The molecule has 2 rings (SSSR count). The summed E-state index contributed by atoms with van der Waals surface area (Å²) in [7, 11) is 0. The van der Waals surface area contributed by atoms with E-state index in [2.05, 4.69) is 38.1 Å². The van der Waals surface area contributed by atoms with Gasteiger partial charge in [0.15, 0.2) is 0 Å². The van der Waals surface area contributed by atoms with Gasteiger partial charge in [0, 0.05) is 5.92 Å². The molecule has 0 radical (unpaired) electrons. The summed E-state index contributed by atoms with van der Waals surface area (Å²) in [6, 6.07) is 9.44. The van der Waals surface area contributed by atoms with Crippen LogP contribution in [-0.4, -0.2) is 12.7 Å². The van der Waals surface area contributed by atoms with Crippen molar-refractivity contribution in [3.8, 4) is 0 Å². The van der Waals surface area contributed by atoms with Gasteiger partial charge >= 0.3 is 0 Å². The fourth-order valence-electron chi connectivity index (χ4n) is 4.16. The summed E-state index contributed by atoms with van der Waals surface area (Å²) in [5.74, 6) is 0.616. The number of hydrogen-bond donors (Lipinski definition) is 0. The lowest BCUT2D eigenvalue weighted by Gasteiger charge is -2.29. The number of hydrogen-bond acceptors (Lipinski definition) is 1. The Bertz CT molecular complexity index is 442. The third-order valence-corrected chi connectivity index (χ3v) is 6.02. The molecule has 0 aromatic heterocycles. The van der Waals surface area contributed by atoms with Gasteiger partial charge in [0.25, 0.3) is 0 Å². The van der Waals surface area contributed by atoms with E-state index in [9.17, 15) is 0 Å². The van der Waals surface area contributed by atoms with Crippen molar-refractivity contribution in [2.24, 2.45) is 0 Å². The van der Waals surface area contributed by atoms with E-state index in [4.69, 9.17) is 4.74 Å². The highest BCUT2D eigenvalue weighted by Crippen LogP contribution is 2.30. The molecule has 1 aromatic carbocycles. The zero-order valence-electron chi connectivity index (χ0n) is 17.5. The van der Waals surface area contributed by atoms with Crippen LogP contribution >= 0.6 is 0 Å². The van der Waals surface area contributed by atoms with E-state index in [0.29, 0.717) is 12.0 Å². The monoisotopic (exact) mass is 358 g/mol. The molecule has 0 N–H and O–H groups in total. The van der Waals surface area contributed by atoms with Crippen LogP contribution in [-0.2, 0) is 11.2 Å². The topological polar surface area (TPSA) is 9.23 Å². The van der Waals surface area contributed by atoms with Gasteiger partial charge < -0.3 is 4.74 Å². The Hall–Kier alpha value is -0.820. The lowest BCUT2D eigenvalue weighted by molar-refractivity contribution is -0.00212. The van der Waals surface area contributed by atoms with Gasteiger partial charge in [-0.3, -0.25) is 0 Å². The maximum atomic E-state index is 6.17. The van der Waals surface area contributed by atoms with Crippen molar-refractivity contribution in [2.75, 3.05) is 6.61 Å². The Kier molecular flexibility index (Phi) is 11.0. The smallest absolute Gasteiger partial charge is 0.0575 e. The summed E-state index contributed by atoms with van der Waals surface area (Å²) in [6.45, 7) is 5.49. The van der Waals surface area contributed by atoms with Crippen molar-refractivity contribution in [1.82, 2.24) is 0 Å². The van der Waals surface area contributed by atoms with E-state index in [1.165, 1.54) is 101 Å². The van der Waals surface area contributed by atoms with Gasteiger partial charge in [-0.05, 0) is 43.2 Å². The predicted octanol–water partition coefficient (Wildman–Crippen LogP) is 7.82. The SMILES string of the molecule is CCCCCCCCc1ccc(C2CCC(CCCCCC)OC2)cc1. The van der Waals surface area contributed by atoms with Crippen LogP contribution in [0.15, 0.2) is 24.3 Å². The molecule has 1 fully saturated rings. The predicted molar refractivity (Wildman–Crippen MR) is 114 cm³/mol. The van der Waals surface area contributed by atoms with Crippen molar-refractivity contribution in [3.63, 3.8) is 0 Å².